The average Bonchev–Trinajstić information content (AvgIpc) is 3.17. The zero-order valence-electron chi connectivity index (χ0n) is 11.7. The molecule has 0 N–H and O–H groups in total. The Kier molecular flexibility index (Phi) is 3.40. The Morgan fingerprint density at radius 2 is 2.38 bits per heavy atom. The fourth-order valence-electron chi connectivity index (χ4n) is 2.65. The molecule has 3 heterocycles. The van der Waals surface area contributed by atoms with E-state index in [9.17, 15) is 4.79 Å². The van der Waals surface area contributed by atoms with Crippen LogP contribution in [0.3, 0.4) is 0 Å². The highest BCUT2D eigenvalue weighted by Gasteiger charge is 2.29. The van der Waals surface area contributed by atoms with Crippen molar-refractivity contribution in [3.05, 3.63) is 47.5 Å². The summed E-state index contributed by atoms with van der Waals surface area (Å²) in [6, 6.07) is 5.84. The second-order valence-corrected chi connectivity index (χ2v) is 5.18. The van der Waals surface area contributed by atoms with Crippen LogP contribution in [0.5, 0.6) is 0 Å². The van der Waals surface area contributed by atoms with Gasteiger partial charge < -0.3 is 4.90 Å². The fourth-order valence-corrected chi connectivity index (χ4v) is 2.65. The first-order valence-corrected chi connectivity index (χ1v) is 6.84. The molecule has 1 fully saturated rings. The molecule has 0 spiro atoms. The smallest absolute Gasteiger partial charge is 0.272 e. The lowest BCUT2D eigenvalue weighted by Crippen LogP contribution is -2.30. The molecule has 1 aliphatic heterocycles. The summed E-state index contributed by atoms with van der Waals surface area (Å²) in [4.78, 5) is 18.5. The number of likely N-dealkylation sites (tertiary alicyclic amines) is 1. The van der Waals surface area contributed by atoms with Crippen molar-refractivity contribution >= 4 is 5.91 Å². The molecular weight excluding hydrogens is 266 g/mol. The molecule has 2 aromatic heterocycles. The molecule has 6 nitrogen and oxygen atoms in total. The summed E-state index contributed by atoms with van der Waals surface area (Å²) in [6.45, 7) is 3.15. The first-order valence-electron chi connectivity index (χ1n) is 6.84. The van der Waals surface area contributed by atoms with Gasteiger partial charge in [0.25, 0.3) is 5.91 Å². The molecule has 21 heavy (non-hydrogen) atoms. The van der Waals surface area contributed by atoms with Gasteiger partial charge in [0, 0.05) is 31.7 Å². The molecule has 1 saturated heterocycles. The number of nitriles is 1. The molecule has 2 aromatic rings. The van der Waals surface area contributed by atoms with E-state index >= 15 is 0 Å². The van der Waals surface area contributed by atoms with Crippen LogP contribution in [0.1, 0.15) is 34.1 Å². The Morgan fingerprint density at radius 1 is 1.52 bits per heavy atom. The summed E-state index contributed by atoms with van der Waals surface area (Å²) in [5, 5.41) is 13.1. The molecule has 1 amide bonds. The number of hydrogen-bond acceptors (Lipinski definition) is 4. The molecule has 0 aromatic carbocycles. The second kappa shape index (κ2) is 5.37. The molecule has 1 atom stereocenters. The van der Waals surface area contributed by atoms with E-state index in [-0.39, 0.29) is 11.9 Å². The maximum atomic E-state index is 12.5. The molecule has 3 rings (SSSR count). The summed E-state index contributed by atoms with van der Waals surface area (Å²) in [5.74, 6) is -0.0772. The molecule has 0 radical (unpaired) electrons. The standard InChI is InChI=1S/C15H15N5O/c1-11-7-12(8-16)9-17-14(11)15(21)19-6-3-13(10-19)20-5-2-4-18-20/h2,4-5,7,9,13H,3,6,10H2,1H3. The molecule has 0 bridgehead atoms. The minimum Gasteiger partial charge on any atom is -0.335 e. The van der Waals surface area contributed by atoms with Crippen LogP contribution in [-0.4, -0.2) is 38.7 Å². The normalized spacial score (nSPS) is 17.7. The van der Waals surface area contributed by atoms with Gasteiger partial charge in [-0.1, -0.05) is 0 Å². The van der Waals surface area contributed by atoms with Crippen molar-refractivity contribution in [1.29, 1.82) is 5.26 Å². The van der Waals surface area contributed by atoms with Gasteiger partial charge in [-0.05, 0) is 31.0 Å². The first kappa shape index (κ1) is 13.3. The van der Waals surface area contributed by atoms with Crippen molar-refractivity contribution in [1.82, 2.24) is 19.7 Å². The monoisotopic (exact) mass is 281 g/mol. The van der Waals surface area contributed by atoms with Crippen LogP contribution in [-0.2, 0) is 0 Å². The van der Waals surface area contributed by atoms with Crippen molar-refractivity contribution in [2.24, 2.45) is 0 Å². The summed E-state index contributed by atoms with van der Waals surface area (Å²) >= 11 is 0. The van der Waals surface area contributed by atoms with Crippen LogP contribution >= 0.6 is 0 Å². The lowest BCUT2D eigenvalue weighted by atomic mass is 10.1. The van der Waals surface area contributed by atoms with Crippen LogP contribution < -0.4 is 0 Å². The van der Waals surface area contributed by atoms with Crippen molar-refractivity contribution in [3.8, 4) is 6.07 Å². The minimum atomic E-state index is -0.0772. The van der Waals surface area contributed by atoms with Crippen molar-refractivity contribution in [2.45, 2.75) is 19.4 Å². The van der Waals surface area contributed by atoms with Crippen LogP contribution in [0.2, 0.25) is 0 Å². The third kappa shape index (κ3) is 2.50. The minimum absolute atomic E-state index is 0.0772. The number of carbonyl (C=O) groups is 1. The van der Waals surface area contributed by atoms with Gasteiger partial charge in [-0.25, -0.2) is 4.98 Å². The predicted molar refractivity (Wildman–Crippen MR) is 75.5 cm³/mol. The molecule has 1 unspecified atom stereocenters. The number of nitrogens with zero attached hydrogens (tertiary/aromatic N) is 5. The average molecular weight is 281 g/mol. The van der Waals surface area contributed by atoms with Gasteiger partial charge in [-0.3, -0.25) is 9.48 Å². The molecular formula is C15H15N5O. The van der Waals surface area contributed by atoms with Crippen molar-refractivity contribution in [3.63, 3.8) is 0 Å². The lowest BCUT2D eigenvalue weighted by Gasteiger charge is -2.17. The Labute approximate surface area is 122 Å². The Hall–Kier alpha value is -2.68. The summed E-state index contributed by atoms with van der Waals surface area (Å²) < 4.78 is 1.90. The summed E-state index contributed by atoms with van der Waals surface area (Å²) in [5.41, 5.74) is 1.64. The van der Waals surface area contributed by atoms with E-state index in [4.69, 9.17) is 5.26 Å². The van der Waals surface area contributed by atoms with E-state index in [0.29, 0.717) is 24.3 Å². The molecule has 1 aliphatic rings. The molecule has 0 saturated carbocycles. The van der Waals surface area contributed by atoms with Crippen LogP contribution in [0.4, 0.5) is 0 Å². The predicted octanol–water partition coefficient (Wildman–Crippen LogP) is 1.55. The fraction of sp³-hybridized carbons (Fsp3) is 0.333. The second-order valence-electron chi connectivity index (χ2n) is 5.18. The third-order valence-electron chi connectivity index (χ3n) is 3.76. The summed E-state index contributed by atoms with van der Waals surface area (Å²) in [6.07, 6.45) is 6.00. The van der Waals surface area contributed by atoms with Crippen molar-refractivity contribution < 1.29 is 4.79 Å². The van der Waals surface area contributed by atoms with Gasteiger partial charge in [0.05, 0.1) is 11.6 Å². The van der Waals surface area contributed by atoms with E-state index < -0.39 is 0 Å². The van der Waals surface area contributed by atoms with E-state index in [1.54, 1.807) is 17.2 Å². The summed E-state index contributed by atoms with van der Waals surface area (Å²) in [7, 11) is 0. The van der Waals surface area contributed by atoms with E-state index in [2.05, 4.69) is 10.1 Å². The number of pyridine rings is 1. The van der Waals surface area contributed by atoms with E-state index in [1.807, 2.05) is 29.9 Å². The van der Waals surface area contributed by atoms with Crippen LogP contribution in [0.25, 0.3) is 0 Å². The Morgan fingerprint density at radius 3 is 3.05 bits per heavy atom. The van der Waals surface area contributed by atoms with Crippen LogP contribution in [0.15, 0.2) is 30.7 Å². The number of hydrogen-bond donors (Lipinski definition) is 0. The third-order valence-corrected chi connectivity index (χ3v) is 3.76. The first-order chi connectivity index (χ1) is 10.2. The molecule has 106 valence electrons. The topological polar surface area (TPSA) is 74.8 Å². The number of rotatable bonds is 2. The van der Waals surface area contributed by atoms with Crippen LogP contribution in [0, 0.1) is 18.3 Å². The quantitative estimate of drug-likeness (QED) is 0.837. The van der Waals surface area contributed by atoms with Gasteiger partial charge in [0.15, 0.2) is 0 Å². The number of amides is 1. The number of aromatic nitrogens is 3. The maximum Gasteiger partial charge on any atom is 0.272 e. The highest BCUT2D eigenvalue weighted by molar-refractivity contribution is 5.94. The zero-order chi connectivity index (χ0) is 14.8. The van der Waals surface area contributed by atoms with Gasteiger partial charge in [0.2, 0.25) is 0 Å². The Bertz CT molecular complexity index is 701. The van der Waals surface area contributed by atoms with E-state index in [0.717, 1.165) is 12.0 Å². The molecule has 0 aliphatic carbocycles. The van der Waals surface area contributed by atoms with Crippen molar-refractivity contribution in [2.75, 3.05) is 13.1 Å². The number of carbonyl (C=O) groups excluding carboxylic acids is 1. The van der Waals surface area contributed by atoms with Gasteiger partial charge in [-0.2, -0.15) is 10.4 Å². The Balaban J connectivity index is 1.76. The van der Waals surface area contributed by atoms with Gasteiger partial charge in [0.1, 0.15) is 11.8 Å². The SMILES string of the molecule is Cc1cc(C#N)cnc1C(=O)N1CCC(n2cccn2)C1. The number of aryl methyl sites for hydroxylation is 1. The molecule has 6 heteroatoms. The zero-order valence-corrected chi connectivity index (χ0v) is 11.7. The highest BCUT2D eigenvalue weighted by Crippen LogP contribution is 2.22. The largest absolute Gasteiger partial charge is 0.335 e. The maximum absolute atomic E-state index is 12.5. The highest BCUT2D eigenvalue weighted by atomic mass is 16.2. The lowest BCUT2D eigenvalue weighted by molar-refractivity contribution is 0.0780. The van der Waals surface area contributed by atoms with Gasteiger partial charge in [-0.15, -0.1) is 0 Å². The van der Waals surface area contributed by atoms with Gasteiger partial charge >= 0.3 is 0 Å². The van der Waals surface area contributed by atoms with E-state index in [1.165, 1.54) is 6.20 Å².